The molecule has 108 valence electrons. The molecule has 1 aliphatic heterocycles. The van der Waals surface area contributed by atoms with Gasteiger partial charge >= 0.3 is 0 Å². The molecule has 4 nitrogen and oxygen atoms in total. The summed E-state index contributed by atoms with van der Waals surface area (Å²) in [5.74, 6) is 0.994. The average molecular weight is 278 g/mol. The van der Waals surface area contributed by atoms with Gasteiger partial charge in [0, 0.05) is 37.5 Å². The lowest BCUT2D eigenvalue weighted by molar-refractivity contribution is -0.122. The van der Waals surface area contributed by atoms with E-state index in [1.165, 1.54) is 12.1 Å². The highest BCUT2D eigenvalue weighted by atomic mass is 19.1. The molecule has 0 bridgehead atoms. The van der Waals surface area contributed by atoms with Gasteiger partial charge in [-0.05, 0) is 31.0 Å². The number of carbonyl (C=O) groups excluding carboxylic acids is 1. The molecule has 0 spiro atoms. The summed E-state index contributed by atoms with van der Waals surface area (Å²) in [5.41, 5.74) is 0.929. The number of hydrogen-bond acceptors (Lipinski definition) is 3. The van der Waals surface area contributed by atoms with Crippen LogP contribution in [0.3, 0.4) is 0 Å². The molecule has 3 rings (SSSR count). The van der Waals surface area contributed by atoms with Crippen LogP contribution in [0.1, 0.15) is 18.4 Å². The maximum absolute atomic E-state index is 13.1. The van der Waals surface area contributed by atoms with Crippen LogP contribution >= 0.6 is 0 Å². The van der Waals surface area contributed by atoms with Crippen LogP contribution in [0.25, 0.3) is 0 Å². The van der Waals surface area contributed by atoms with Crippen LogP contribution in [-0.2, 0) is 11.2 Å². The molecule has 0 aromatic heterocycles. The molecule has 2 N–H and O–H groups in total. The Morgan fingerprint density at radius 2 is 2.20 bits per heavy atom. The van der Waals surface area contributed by atoms with Crippen molar-refractivity contribution in [3.05, 3.63) is 29.6 Å². The van der Waals surface area contributed by atoms with Crippen LogP contribution in [0.15, 0.2) is 18.2 Å². The third-order valence-electron chi connectivity index (χ3n) is 3.68. The summed E-state index contributed by atoms with van der Waals surface area (Å²) in [6.45, 7) is 2.07. The largest absolute Gasteiger partial charge is 0.488 e. The first-order valence-corrected chi connectivity index (χ1v) is 7.16. The molecule has 1 heterocycles. The summed E-state index contributed by atoms with van der Waals surface area (Å²) in [7, 11) is 0. The molecule has 1 fully saturated rings. The van der Waals surface area contributed by atoms with E-state index in [1.807, 2.05) is 0 Å². The van der Waals surface area contributed by atoms with Crippen molar-refractivity contribution in [3.63, 3.8) is 0 Å². The Morgan fingerprint density at radius 3 is 3.00 bits per heavy atom. The smallest absolute Gasteiger partial charge is 0.223 e. The lowest BCUT2D eigenvalue weighted by atomic mass is 10.1. The standard InChI is InChI=1S/C15H19FN2O2/c16-12-3-4-14-11(7-12)8-13(20-14)9-17-5-6-18-15(19)10-1-2-10/h3-4,7,10,13,17H,1-2,5-6,8-9H2,(H,18,19). The number of nitrogens with one attached hydrogen (secondary N) is 2. The van der Waals surface area contributed by atoms with Crippen molar-refractivity contribution >= 4 is 5.91 Å². The Morgan fingerprint density at radius 1 is 1.35 bits per heavy atom. The van der Waals surface area contributed by atoms with Gasteiger partial charge < -0.3 is 15.4 Å². The maximum atomic E-state index is 13.1. The Labute approximate surface area is 117 Å². The first-order chi connectivity index (χ1) is 9.72. The van der Waals surface area contributed by atoms with Gasteiger partial charge in [0.15, 0.2) is 0 Å². The summed E-state index contributed by atoms with van der Waals surface area (Å²) in [5, 5.41) is 6.16. The van der Waals surface area contributed by atoms with Gasteiger partial charge in [0.25, 0.3) is 0 Å². The van der Waals surface area contributed by atoms with Crippen LogP contribution in [0.4, 0.5) is 4.39 Å². The lowest BCUT2D eigenvalue weighted by Gasteiger charge is -2.12. The third-order valence-corrected chi connectivity index (χ3v) is 3.68. The van der Waals surface area contributed by atoms with Gasteiger partial charge in [-0.25, -0.2) is 4.39 Å². The monoisotopic (exact) mass is 278 g/mol. The van der Waals surface area contributed by atoms with E-state index in [0.717, 1.165) is 37.1 Å². The molecule has 1 aromatic carbocycles. The fourth-order valence-corrected chi connectivity index (χ4v) is 2.43. The van der Waals surface area contributed by atoms with Crippen molar-refractivity contribution in [3.8, 4) is 5.75 Å². The van der Waals surface area contributed by atoms with E-state index >= 15 is 0 Å². The van der Waals surface area contributed by atoms with E-state index in [9.17, 15) is 9.18 Å². The van der Waals surface area contributed by atoms with Crippen molar-refractivity contribution in [2.24, 2.45) is 5.92 Å². The molecule has 20 heavy (non-hydrogen) atoms. The average Bonchev–Trinajstić information content (AvgIpc) is 3.19. The Balaban J connectivity index is 1.33. The second-order valence-electron chi connectivity index (χ2n) is 5.47. The highest BCUT2D eigenvalue weighted by Crippen LogP contribution is 2.29. The maximum Gasteiger partial charge on any atom is 0.223 e. The molecule has 5 heteroatoms. The van der Waals surface area contributed by atoms with Crippen LogP contribution in [0.5, 0.6) is 5.75 Å². The quantitative estimate of drug-likeness (QED) is 0.770. The van der Waals surface area contributed by atoms with Crippen molar-refractivity contribution in [1.82, 2.24) is 10.6 Å². The number of carbonyl (C=O) groups is 1. The summed E-state index contributed by atoms with van der Waals surface area (Å²) in [4.78, 5) is 11.4. The molecule has 1 aromatic rings. The van der Waals surface area contributed by atoms with Crippen LogP contribution < -0.4 is 15.4 Å². The zero-order valence-corrected chi connectivity index (χ0v) is 11.3. The van der Waals surface area contributed by atoms with Crippen LogP contribution in [-0.4, -0.2) is 31.6 Å². The second-order valence-corrected chi connectivity index (χ2v) is 5.47. The minimum absolute atomic E-state index is 0.0472. The molecule has 1 saturated carbocycles. The van der Waals surface area contributed by atoms with Gasteiger partial charge in [-0.2, -0.15) is 0 Å². The van der Waals surface area contributed by atoms with Gasteiger partial charge in [-0.1, -0.05) is 0 Å². The number of ether oxygens (including phenoxy) is 1. The zero-order chi connectivity index (χ0) is 13.9. The van der Waals surface area contributed by atoms with Crippen molar-refractivity contribution < 1.29 is 13.9 Å². The number of hydrogen-bond donors (Lipinski definition) is 2. The van der Waals surface area contributed by atoms with Crippen LogP contribution in [0.2, 0.25) is 0 Å². The molecule has 1 unspecified atom stereocenters. The summed E-state index contributed by atoms with van der Waals surface area (Å²) < 4.78 is 18.8. The van der Waals surface area contributed by atoms with Crippen molar-refractivity contribution in [1.29, 1.82) is 0 Å². The second kappa shape index (κ2) is 5.79. The summed E-state index contributed by atoms with van der Waals surface area (Å²) in [6.07, 6.45) is 2.84. The van der Waals surface area contributed by atoms with E-state index in [-0.39, 0.29) is 23.7 Å². The zero-order valence-electron chi connectivity index (χ0n) is 11.3. The SMILES string of the molecule is O=C(NCCNCC1Cc2cc(F)ccc2O1)C1CC1. The normalized spacial score (nSPS) is 20.4. The Bertz CT molecular complexity index is 503. The summed E-state index contributed by atoms with van der Waals surface area (Å²) in [6, 6.07) is 4.63. The molecule has 1 amide bonds. The summed E-state index contributed by atoms with van der Waals surface area (Å²) >= 11 is 0. The number of amides is 1. The number of benzene rings is 1. The van der Waals surface area contributed by atoms with Crippen molar-refractivity contribution in [2.45, 2.75) is 25.4 Å². The predicted molar refractivity (Wildman–Crippen MR) is 73.1 cm³/mol. The molecule has 1 atom stereocenters. The van der Waals surface area contributed by atoms with E-state index < -0.39 is 0 Å². The first-order valence-electron chi connectivity index (χ1n) is 7.16. The van der Waals surface area contributed by atoms with Gasteiger partial charge in [-0.3, -0.25) is 4.79 Å². The molecule has 2 aliphatic rings. The van der Waals surface area contributed by atoms with Gasteiger partial charge in [0.05, 0.1) is 0 Å². The van der Waals surface area contributed by atoms with Crippen LogP contribution in [0, 0.1) is 11.7 Å². The fourth-order valence-electron chi connectivity index (χ4n) is 2.43. The Hall–Kier alpha value is -1.62. The highest BCUT2D eigenvalue weighted by Gasteiger charge is 2.29. The molecule has 1 aliphatic carbocycles. The first kappa shape index (κ1) is 13.4. The molecule has 0 saturated heterocycles. The molecule has 0 radical (unpaired) electrons. The predicted octanol–water partition coefficient (Wildman–Crippen LogP) is 1.24. The van der Waals surface area contributed by atoms with E-state index in [2.05, 4.69) is 10.6 Å². The number of halogens is 1. The number of fused-ring (bicyclic) bond motifs is 1. The van der Waals surface area contributed by atoms with Gasteiger partial charge in [0.2, 0.25) is 5.91 Å². The molecular formula is C15H19FN2O2. The van der Waals surface area contributed by atoms with E-state index in [1.54, 1.807) is 6.07 Å². The highest BCUT2D eigenvalue weighted by molar-refractivity contribution is 5.80. The molecular weight excluding hydrogens is 259 g/mol. The van der Waals surface area contributed by atoms with E-state index in [0.29, 0.717) is 13.1 Å². The van der Waals surface area contributed by atoms with Gasteiger partial charge in [0.1, 0.15) is 17.7 Å². The van der Waals surface area contributed by atoms with Gasteiger partial charge in [-0.15, -0.1) is 0 Å². The topological polar surface area (TPSA) is 50.4 Å². The minimum Gasteiger partial charge on any atom is -0.488 e. The third kappa shape index (κ3) is 3.28. The fraction of sp³-hybridized carbons (Fsp3) is 0.533. The van der Waals surface area contributed by atoms with E-state index in [4.69, 9.17) is 4.74 Å². The number of rotatable bonds is 6. The van der Waals surface area contributed by atoms with Crippen molar-refractivity contribution in [2.75, 3.05) is 19.6 Å². The minimum atomic E-state index is -0.219. The lowest BCUT2D eigenvalue weighted by Crippen LogP contribution is -2.37. The Kier molecular flexibility index (Phi) is 3.87.